The van der Waals surface area contributed by atoms with Crippen LogP contribution >= 0.6 is 24.8 Å². The molecule has 2 aliphatic rings. The topological polar surface area (TPSA) is 20.3 Å². The van der Waals surface area contributed by atoms with E-state index in [2.05, 4.69) is 81.5 Å². The minimum absolute atomic E-state index is 0. The van der Waals surface area contributed by atoms with E-state index in [9.17, 15) is 4.46 Å². The molecule has 0 aromatic heterocycles. The van der Waals surface area contributed by atoms with Crippen molar-refractivity contribution in [1.29, 1.82) is 0 Å². The third-order valence-electron chi connectivity index (χ3n) is 5.84. The molecule has 0 spiro atoms. The molecule has 0 aliphatic heterocycles. The third kappa shape index (κ3) is 5.26. The van der Waals surface area contributed by atoms with E-state index in [1.807, 2.05) is 11.6 Å². The molecule has 0 atom stereocenters. The van der Waals surface area contributed by atoms with E-state index < -0.39 is 8.84 Å². The fraction of sp³-hybridized carbons (Fsp3) is 0.333. The Morgan fingerprint density at radius 3 is 1.77 bits per heavy atom. The first-order valence-corrected chi connectivity index (χ1v) is 11.3. The minimum Gasteiger partial charge on any atom is -0.375 e. The van der Waals surface area contributed by atoms with E-state index in [1.165, 1.54) is 33.4 Å². The number of fused-ring (bicyclic) bond motifs is 5. The first-order valence-electron chi connectivity index (χ1n) is 9.72. The van der Waals surface area contributed by atoms with Gasteiger partial charge in [0.1, 0.15) is 0 Å². The van der Waals surface area contributed by atoms with Crippen LogP contribution in [0.5, 0.6) is 0 Å². The molecular formula is C24H29Cl2NOSiTi. The van der Waals surface area contributed by atoms with Gasteiger partial charge in [-0.25, -0.2) is 0 Å². The van der Waals surface area contributed by atoms with Crippen LogP contribution in [-0.4, -0.2) is 26.0 Å². The van der Waals surface area contributed by atoms with Gasteiger partial charge in [0.15, 0.2) is 0 Å². The van der Waals surface area contributed by atoms with Crippen LogP contribution in [-0.2, 0) is 32.6 Å². The maximum Gasteiger partial charge on any atom is 0.395 e. The molecule has 0 N–H and O–H groups in total. The van der Waals surface area contributed by atoms with Gasteiger partial charge in [0.05, 0.1) is 0 Å². The van der Waals surface area contributed by atoms with E-state index >= 15 is 0 Å². The molecule has 0 saturated carbocycles. The first-order chi connectivity index (χ1) is 12.8. The Morgan fingerprint density at radius 2 is 1.33 bits per heavy atom. The van der Waals surface area contributed by atoms with Crippen molar-refractivity contribution in [2.24, 2.45) is 5.92 Å². The van der Waals surface area contributed by atoms with Crippen LogP contribution in [0, 0.1) is 5.92 Å². The molecule has 0 bridgehead atoms. The van der Waals surface area contributed by atoms with E-state index in [-0.39, 0.29) is 58.0 Å². The van der Waals surface area contributed by atoms with Crippen molar-refractivity contribution in [3.63, 3.8) is 0 Å². The fourth-order valence-corrected chi connectivity index (χ4v) is 5.70. The Hall–Kier alpha value is -0.969. The summed E-state index contributed by atoms with van der Waals surface area (Å²) in [4.78, 5) is 0. The van der Waals surface area contributed by atoms with Crippen molar-refractivity contribution >= 4 is 44.8 Å². The van der Waals surface area contributed by atoms with Crippen LogP contribution in [0.4, 0.5) is 0 Å². The van der Waals surface area contributed by atoms with Crippen LogP contribution < -0.4 is 0 Å². The number of nitrogens with zero attached hydrogens (tertiary/aromatic N) is 1. The molecule has 4 rings (SSSR count). The molecule has 0 fully saturated rings. The van der Waals surface area contributed by atoms with Crippen molar-refractivity contribution in [3.8, 4) is 0 Å². The quantitative estimate of drug-likeness (QED) is 0.476. The number of benzene rings is 2. The zero-order chi connectivity index (χ0) is 19.2. The summed E-state index contributed by atoms with van der Waals surface area (Å²) in [5.74, 6) is 0.227. The SMILES string of the molecule is CN([Si](=O)CC1C=C2C(=C1)c1ccccc1Cc1ccccc12)C(C)(C)C.Cl.Cl.[Ti]. The Labute approximate surface area is 209 Å². The maximum atomic E-state index is 13.0. The zero-order valence-corrected chi connectivity index (χ0v) is 22.1. The molecule has 30 heavy (non-hydrogen) atoms. The average molecular weight is 494 g/mol. The van der Waals surface area contributed by atoms with Gasteiger partial charge in [0, 0.05) is 46.3 Å². The van der Waals surface area contributed by atoms with Crippen molar-refractivity contribution in [3.05, 3.63) is 82.9 Å². The predicted octanol–water partition coefficient (Wildman–Crippen LogP) is 6.18. The van der Waals surface area contributed by atoms with Crippen molar-refractivity contribution in [2.75, 3.05) is 7.05 Å². The Morgan fingerprint density at radius 1 is 0.900 bits per heavy atom. The van der Waals surface area contributed by atoms with Gasteiger partial charge in [-0.15, -0.1) is 24.8 Å². The standard InChI is InChI=1S/C24H27NOSi.2ClH.Ti/c1-24(2,3)25(4)27(26)16-17-13-22-20-11-7-5-9-18(20)15-19-10-6-8-12-21(19)23(22)14-17;;;/h5-14,17H,15-16H2,1-4H3;2*1H;. The summed E-state index contributed by atoms with van der Waals surface area (Å²) in [6, 6.07) is 18.1. The molecule has 0 radical (unpaired) electrons. The molecule has 2 aliphatic carbocycles. The van der Waals surface area contributed by atoms with Crippen molar-refractivity contribution in [1.82, 2.24) is 4.57 Å². The van der Waals surface area contributed by atoms with Gasteiger partial charge in [0.25, 0.3) is 0 Å². The normalized spacial score (nSPS) is 14.3. The van der Waals surface area contributed by atoms with E-state index in [1.54, 1.807) is 0 Å². The smallest absolute Gasteiger partial charge is 0.375 e. The molecule has 2 nitrogen and oxygen atoms in total. The monoisotopic (exact) mass is 493 g/mol. The van der Waals surface area contributed by atoms with Gasteiger partial charge >= 0.3 is 8.84 Å². The summed E-state index contributed by atoms with van der Waals surface area (Å²) in [5.41, 5.74) is 7.96. The molecule has 2 aromatic carbocycles. The van der Waals surface area contributed by atoms with Gasteiger partial charge in [-0.3, -0.25) is 0 Å². The molecule has 158 valence electrons. The van der Waals surface area contributed by atoms with Gasteiger partial charge < -0.3 is 9.03 Å². The number of halogens is 2. The van der Waals surface area contributed by atoms with Crippen LogP contribution in [0.3, 0.4) is 0 Å². The Bertz CT molecular complexity index is 920. The number of allylic oxidation sites excluding steroid dienone is 4. The van der Waals surface area contributed by atoms with E-state index in [0.29, 0.717) is 6.04 Å². The maximum absolute atomic E-state index is 13.0. The molecule has 0 unspecified atom stereocenters. The molecular weight excluding hydrogens is 465 g/mol. The van der Waals surface area contributed by atoms with Crippen molar-refractivity contribution in [2.45, 2.75) is 38.8 Å². The fourth-order valence-electron chi connectivity index (χ4n) is 4.04. The summed E-state index contributed by atoms with van der Waals surface area (Å²) < 4.78 is 15.0. The summed E-state index contributed by atoms with van der Waals surface area (Å²) in [6.45, 7) is 6.37. The van der Waals surface area contributed by atoms with E-state index in [0.717, 1.165) is 6.42 Å². The van der Waals surface area contributed by atoms with Gasteiger partial charge in [-0.2, -0.15) is 0 Å². The molecule has 6 heteroatoms. The van der Waals surface area contributed by atoms with Crippen LogP contribution in [0.1, 0.15) is 43.0 Å². The summed E-state index contributed by atoms with van der Waals surface area (Å²) in [7, 11) is 0.167. The van der Waals surface area contributed by atoms with Gasteiger partial charge in [-0.05, 0) is 60.6 Å². The minimum atomic E-state index is -1.82. The predicted molar refractivity (Wildman–Crippen MR) is 128 cm³/mol. The summed E-state index contributed by atoms with van der Waals surface area (Å²) >= 11 is 0. The first kappa shape index (κ1) is 27.1. The number of hydrogen-bond donors (Lipinski definition) is 0. The Balaban J connectivity index is 0.00000150. The van der Waals surface area contributed by atoms with Gasteiger partial charge in [-0.1, -0.05) is 60.7 Å². The summed E-state index contributed by atoms with van der Waals surface area (Å²) in [6.07, 6.45) is 5.65. The zero-order valence-electron chi connectivity index (χ0n) is 17.9. The van der Waals surface area contributed by atoms with Crippen molar-refractivity contribution < 1.29 is 26.2 Å². The van der Waals surface area contributed by atoms with E-state index in [4.69, 9.17) is 0 Å². The summed E-state index contributed by atoms with van der Waals surface area (Å²) in [5, 5.41) is 0. The second kappa shape index (κ2) is 10.6. The van der Waals surface area contributed by atoms with Crippen LogP contribution in [0.15, 0.2) is 60.7 Å². The molecule has 0 heterocycles. The van der Waals surface area contributed by atoms with Gasteiger partial charge in [0.2, 0.25) is 0 Å². The third-order valence-corrected chi connectivity index (χ3v) is 8.08. The molecule has 0 amide bonds. The van der Waals surface area contributed by atoms with Crippen LogP contribution in [0.25, 0.3) is 11.1 Å². The second-order valence-electron chi connectivity index (χ2n) is 8.64. The Kier molecular flexibility index (Phi) is 9.53. The largest absolute Gasteiger partial charge is 0.395 e. The molecule has 0 saturated heterocycles. The number of rotatable bonds is 3. The molecule has 2 aromatic rings. The second-order valence-corrected chi connectivity index (χ2v) is 10.5. The number of hydrogen-bond acceptors (Lipinski definition) is 1. The van der Waals surface area contributed by atoms with Crippen LogP contribution in [0.2, 0.25) is 6.04 Å². The average Bonchev–Trinajstić information content (AvgIpc) is 2.99.